The molecule has 0 bridgehead atoms. The number of carbonyl (C=O) groups excluding carboxylic acids is 1. The minimum Gasteiger partial charge on any atom is -0.355 e. The van der Waals surface area contributed by atoms with Crippen LogP contribution in [0.25, 0.3) is 0 Å². The summed E-state index contributed by atoms with van der Waals surface area (Å²) in [6.45, 7) is 0.710. The molecule has 1 N–H and O–H groups in total. The number of amides is 1. The van der Waals surface area contributed by atoms with Gasteiger partial charge in [0, 0.05) is 34.0 Å². The molecule has 0 aliphatic heterocycles. The maximum atomic E-state index is 12.0. The van der Waals surface area contributed by atoms with E-state index in [-0.39, 0.29) is 11.8 Å². The van der Waals surface area contributed by atoms with Gasteiger partial charge in [0.05, 0.1) is 0 Å². The van der Waals surface area contributed by atoms with Crippen molar-refractivity contribution in [2.75, 3.05) is 12.3 Å². The summed E-state index contributed by atoms with van der Waals surface area (Å²) < 4.78 is 0. The van der Waals surface area contributed by atoms with E-state index in [1.807, 2.05) is 18.2 Å². The summed E-state index contributed by atoms with van der Waals surface area (Å²) in [6.07, 6.45) is 5.76. The summed E-state index contributed by atoms with van der Waals surface area (Å²) >= 11 is 14.0. The SMILES string of the molecule is O=C(NCCSCc1c(Cl)cccc1Cl)C1CCCCC1. The Morgan fingerprint density at radius 2 is 1.86 bits per heavy atom. The van der Waals surface area contributed by atoms with E-state index in [9.17, 15) is 4.79 Å². The fourth-order valence-electron chi connectivity index (χ4n) is 2.60. The summed E-state index contributed by atoms with van der Waals surface area (Å²) in [5, 5.41) is 4.46. The number of hydrogen-bond donors (Lipinski definition) is 1. The minimum atomic E-state index is 0.228. The lowest BCUT2D eigenvalue weighted by Gasteiger charge is -2.20. The molecule has 2 rings (SSSR count). The monoisotopic (exact) mass is 345 g/mol. The van der Waals surface area contributed by atoms with Crippen molar-refractivity contribution in [1.29, 1.82) is 0 Å². The van der Waals surface area contributed by atoms with Gasteiger partial charge in [-0.3, -0.25) is 4.79 Å². The smallest absolute Gasteiger partial charge is 0.223 e. The lowest BCUT2D eigenvalue weighted by molar-refractivity contribution is -0.125. The quantitative estimate of drug-likeness (QED) is 0.741. The highest BCUT2D eigenvalue weighted by Crippen LogP contribution is 2.28. The Labute approximate surface area is 141 Å². The van der Waals surface area contributed by atoms with Crippen molar-refractivity contribution < 1.29 is 4.79 Å². The molecule has 1 aliphatic carbocycles. The summed E-state index contributed by atoms with van der Waals surface area (Å²) in [5.74, 6) is 2.12. The molecular formula is C16H21Cl2NOS. The fourth-order valence-corrected chi connectivity index (χ4v) is 4.20. The van der Waals surface area contributed by atoms with E-state index in [1.165, 1.54) is 19.3 Å². The van der Waals surface area contributed by atoms with Gasteiger partial charge in [0.2, 0.25) is 5.91 Å². The van der Waals surface area contributed by atoms with Gasteiger partial charge in [-0.25, -0.2) is 0 Å². The van der Waals surface area contributed by atoms with E-state index in [0.29, 0.717) is 16.6 Å². The molecule has 1 aromatic rings. The molecule has 0 saturated heterocycles. The van der Waals surface area contributed by atoms with Crippen molar-refractivity contribution in [3.8, 4) is 0 Å². The van der Waals surface area contributed by atoms with Gasteiger partial charge >= 0.3 is 0 Å². The molecule has 1 aliphatic rings. The van der Waals surface area contributed by atoms with Crippen LogP contribution in [0.1, 0.15) is 37.7 Å². The second-order valence-electron chi connectivity index (χ2n) is 5.38. The molecule has 0 atom stereocenters. The van der Waals surface area contributed by atoms with Crippen LogP contribution in [0.4, 0.5) is 0 Å². The lowest BCUT2D eigenvalue weighted by atomic mass is 9.89. The standard InChI is InChI=1S/C16H21Cl2NOS/c17-14-7-4-8-15(18)13(14)11-21-10-9-19-16(20)12-5-2-1-3-6-12/h4,7-8,12H,1-3,5-6,9-11H2,(H,19,20). The van der Waals surface area contributed by atoms with E-state index in [4.69, 9.17) is 23.2 Å². The van der Waals surface area contributed by atoms with Crippen LogP contribution in [0.3, 0.4) is 0 Å². The maximum Gasteiger partial charge on any atom is 0.223 e. The highest BCUT2D eigenvalue weighted by molar-refractivity contribution is 7.98. The third-order valence-corrected chi connectivity index (χ3v) is 5.52. The highest BCUT2D eigenvalue weighted by Gasteiger charge is 2.20. The number of rotatable bonds is 6. The summed E-state index contributed by atoms with van der Waals surface area (Å²) in [5.41, 5.74) is 0.976. The van der Waals surface area contributed by atoms with Crippen molar-refractivity contribution in [2.45, 2.75) is 37.9 Å². The number of carbonyl (C=O) groups is 1. The first-order valence-corrected chi connectivity index (χ1v) is 9.38. The first-order chi connectivity index (χ1) is 10.2. The molecule has 1 saturated carbocycles. The third-order valence-electron chi connectivity index (χ3n) is 3.83. The van der Waals surface area contributed by atoms with Gasteiger partial charge in [-0.15, -0.1) is 0 Å². The topological polar surface area (TPSA) is 29.1 Å². The second kappa shape index (κ2) is 8.92. The average Bonchev–Trinajstić information content (AvgIpc) is 2.50. The Bertz CT molecular complexity index is 455. The fraction of sp³-hybridized carbons (Fsp3) is 0.562. The Morgan fingerprint density at radius 1 is 1.19 bits per heavy atom. The van der Waals surface area contributed by atoms with Crippen molar-refractivity contribution >= 4 is 40.9 Å². The van der Waals surface area contributed by atoms with Crippen LogP contribution >= 0.6 is 35.0 Å². The van der Waals surface area contributed by atoms with Crippen molar-refractivity contribution in [3.05, 3.63) is 33.8 Å². The molecule has 2 nitrogen and oxygen atoms in total. The predicted octanol–water partition coefficient (Wildman–Crippen LogP) is 4.92. The molecule has 0 radical (unpaired) electrons. The molecule has 1 aromatic carbocycles. The van der Waals surface area contributed by atoms with E-state index >= 15 is 0 Å². The van der Waals surface area contributed by atoms with Gasteiger partial charge in [-0.05, 0) is 30.5 Å². The number of halogens is 2. The maximum absolute atomic E-state index is 12.0. The van der Waals surface area contributed by atoms with E-state index in [0.717, 1.165) is 29.9 Å². The highest BCUT2D eigenvalue weighted by atomic mass is 35.5. The predicted molar refractivity (Wildman–Crippen MR) is 92.2 cm³/mol. The Hall–Kier alpha value is -0.380. The van der Waals surface area contributed by atoms with Crippen molar-refractivity contribution in [2.24, 2.45) is 5.92 Å². The molecule has 21 heavy (non-hydrogen) atoms. The van der Waals surface area contributed by atoms with Crippen molar-refractivity contribution in [3.63, 3.8) is 0 Å². The summed E-state index contributed by atoms with van der Waals surface area (Å²) in [4.78, 5) is 12.0. The van der Waals surface area contributed by atoms with Crippen LogP contribution in [0, 0.1) is 5.92 Å². The van der Waals surface area contributed by atoms with Gasteiger partial charge in [0.25, 0.3) is 0 Å². The lowest BCUT2D eigenvalue weighted by Crippen LogP contribution is -2.33. The van der Waals surface area contributed by atoms with Gasteiger partial charge in [-0.1, -0.05) is 48.5 Å². The molecule has 0 spiro atoms. The normalized spacial score (nSPS) is 15.9. The van der Waals surface area contributed by atoms with Gasteiger partial charge in [-0.2, -0.15) is 11.8 Å². The Balaban J connectivity index is 1.64. The molecule has 5 heteroatoms. The van der Waals surface area contributed by atoms with Crippen LogP contribution in [-0.4, -0.2) is 18.2 Å². The second-order valence-corrected chi connectivity index (χ2v) is 7.30. The van der Waals surface area contributed by atoms with Crippen molar-refractivity contribution in [1.82, 2.24) is 5.32 Å². The van der Waals surface area contributed by atoms with Gasteiger partial charge in [0.1, 0.15) is 0 Å². The summed E-state index contributed by atoms with van der Waals surface area (Å²) in [7, 11) is 0. The summed E-state index contributed by atoms with van der Waals surface area (Å²) in [6, 6.07) is 5.56. The molecule has 116 valence electrons. The molecule has 1 amide bonds. The number of nitrogens with one attached hydrogen (secondary N) is 1. The molecule has 0 unspecified atom stereocenters. The van der Waals surface area contributed by atoms with Crippen LogP contribution in [0.2, 0.25) is 10.0 Å². The zero-order chi connectivity index (χ0) is 15.1. The first kappa shape index (κ1) is 17.0. The number of hydrogen-bond acceptors (Lipinski definition) is 2. The molecule has 1 fully saturated rings. The van der Waals surface area contributed by atoms with E-state index in [1.54, 1.807) is 11.8 Å². The van der Waals surface area contributed by atoms with Gasteiger partial charge in [0.15, 0.2) is 0 Å². The molecular weight excluding hydrogens is 325 g/mol. The Morgan fingerprint density at radius 3 is 2.52 bits per heavy atom. The minimum absolute atomic E-state index is 0.228. The first-order valence-electron chi connectivity index (χ1n) is 7.47. The zero-order valence-corrected chi connectivity index (χ0v) is 14.4. The number of thioether (sulfide) groups is 1. The Kier molecular flexibility index (Phi) is 7.21. The van der Waals surface area contributed by atoms with Crippen LogP contribution < -0.4 is 5.32 Å². The van der Waals surface area contributed by atoms with E-state index in [2.05, 4.69) is 5.32 Å². The van der Waals surface area contributed by atoms with Gasteiger partial charge < -0.3 is 5.32 Å². The molecule has 0 aromatic heterocycles. The van der Waals surface area contributed by atoms with Crippen LogP contribution in [-0.2, 0) is 10.5 Å². The van der Waals surface area contributed by atoms with E-state index < -0.39 is 0 Å². The molecule has 0 heterocycles. The van der Waals surface area contributed by atoms with Crippen LogP contribution in [0.15, 0.2) is 18.2 Å². The third kappa shape index (κ3) is 5.39. The zero-order valence-electron chi connectivity index (χ0n) is 12.0. The average molecular weight is 346 g/mol. The number of benzene rings is 1. The largest absolute Gasteiger partial charge is 0.355 e. The van der Waals surface area contributed by atoms with Crippen LogP contribution in [0.5, 0.6) is 0 Å².